The largest absolute Gasteiger partial charge is 0.463 e. The average Bonchev–Trinajstić information content (AvgIpc) is 2.66. The zero-order valence-corrected chi connectivity index (χ0v) is 15.7. The van der Waals surface area contributed by atoms with E-state index < -0.39 is 86.6 Å². The number of hydrogen-bond donors (Lipinski definition) is 6. The molecule has 0 saturated carbocycles. The molecule has 0 aromatic rings. The van der Waals surface area contributed by atoms with Gasteiger partial charge in [0.05, 0.1) is 0 Å². The molecule has 13 heteroatoms. The molecule has 2 aliphatic heterocycles. The maximum atomic E-state index is 10.9. The van der Waals surface area contributed by atoms with Crippen LogP contribution >= 0.6 is 0 Å². The first-order valence-corrected chi connectivity index (χ1v) is 8.84. The fraction of sp³-hybridized carbons (Fsp3) is 0.875. The standard InChI is InChI=1S/C16H26O13/c1-5(17)25-3-7-9(19)11(21)13(23)15(27-7)29-16-14(24)12(22)10(20)8(28-16)4-26-6(2)18/h7-16,19-24H,3-4H2,1-2H3/t7-,8-,9-,10-,11+,12+,13-,14-,15-,16-/m1/s1. The monoisotopic (exact) mass is 426 g/mol. The van der Waals surface area contributed by atoms with Crippen molar-refractivity contribution in [1.82, 2.24) is 0 Å². The van der Waals surface area contributed by atoms with Gasteiger partial charge in [-0.3, -0.25) is 9.59 Å². The molecule has 6 N–H and O–H groups in total. The lowest BCUT2D eigenvalue weighted by atomic mass is 9.98. The molecule has 2 fully saturated rings. The lowest BCUT2D eigenvalue weighted by Crippen LogP contribution is -2.64. The van der Waals surface area contributed by atoms with Gasteiger partial charge in [0.15, 0.2) is 12.6 Å². The molecule has 29 heavy (non-hydrogen) atoms. The van der Waals surface area contributed by atoms with Crippen LogP contribution in [0.4, 0.5) is 0 Å². The summed E-state index contributed by atoms with van der Waals surface area (Å²) in [4.78, 5) is 21.9. The minimum absolute atomic E-state index is 0.454. The van der Waals surface area contributed by atoms with E-state index in [1.165, 1.54) is 0 Å². The second-order valence-corrected chi connectivity index (χ2v) is 6.77. The maximum absolute atomic E-state index is 10.9. The number of carbonyl (C=O) groups excluding carboxylic acids is 2. The van der Waals surface area contributed by atoms with Crippen LogP contribution in [0.5, 0.6) is 0 Å². The van der Waals surface area contributed by atoms with Crippen molar-refractivity contribution in [1.29, 1.82) is 0 Å². The van der Waals surface area contributed by atoms with Gasteiger partial charge < -0.3 is 54.3 Å². The molecule has 0 spiro atoms. The van der Waals surface area contributed by atoms with Crippen LogP contribution in [-0.4, -0.2) is 117 Å². The van der Waals surface area contributed by atoms with Crippen LogP contribution < -0.4 is 0 Å². The average molecular weight is 426 g/mol. The fourth-order valence-corrected chi connectivity index (χ4v) is 2.86. The Balaban J connectivity index is 2.07. The Bertz CT molecular complexity index is 523. The van der Waals surface area contributed by atoms with Gasteiger partial charge in [0.1, 0.15) is 62.0 Å². The van der Waals surface area contributed by atoms with Crippen molar-refractivity contribution in [3.63, 3.8) is 0 Å². The smallest absolute Gasteiger partial charge is 0.302 e. The molecule has 0 aliphatic carbocycles. The van der Waals surface area contributed by atoms with Gasteiger partial charge in [-0.15, -0.1) is 0 Å². The van der Waals surface area contributed by atoms with E-state index in [0.29, 0.717) is 0 Å². The second-order valence-electron chi connectivity index (χ2n) is 6.77. The summed E-state index contributed by atoms with van der Waals surface area (Å²) in [6.45, 7) is 1.34. The van der Waals surface area contributed by atoms with E-state index in [1.54, 1.807) is 0 Å². The molecular formula is C16H26O13. The molecule has 2 rings (SSSR count). The number of carbonyl (C=O) groups is 2. The predicted molar refractivity (Wildman–Crippen MR) is 87.7 cm³/mol. The van der Waals surface area contributed by atoms with Crippen LogP contribution in [0.3, 0.4) is 0 Å². The van der Waals surface area contributed by atoms with E-state index >= 15 is 0 Å². The molecule has 2 saturated heterocycles. The summed E-state index contributed by atoms with van der Waals surface area (Å²) in [6, 6.07) is 0. The fourth-order valence-electron chi connectivity index (χ4n) is 2.86. The molecule has 0 aromatic heterocycles. The normalized spacial score (nSPS) is 42.9. The first-order chi connectivity index (χ1) is 13.5. The van der Waals surface area contributed by atoms with Gasteiger partial charge in [0.25, 0.3) is 0 Å². The van der Waals surface area contributed by atoms with Crippen molar-refractivity contribution in [2.24, 2.45) is 0 Å². The predicted octanol–water partition coefficient (Wildman–Crippen LogP) is -4.26. The second kappa shape index (κ2) is 10.1. The van der Waals surface area contributed by atoms with Crippen molar-refractivity contribution in [2.75, 3.05) is 13.2 Å². The minimum atomic E-state index is -1.79. The van der Waals surface area contributed by atoms with Crippen LogP contribution in [0.2, 0.25) is 0 Å². The molecule has 0 bridgehead atoms. The number of ether oxygens (including phenoxy) is 5. The SMILES string of the molecule is CC(=O)OC[C@H]1O[C@H](O[C@H]2O[C@H](COC(C)=O)[C@@H](O)[C@H](O)[C@H]2O)[C@H](O)[C@@H](O)[C@@H]1O. The zero-order chi connectivity index (χ0) is 21.9. The van der Waals surface area contributed by atoms with Crippen LogP contribution in [0.1, 0.15) is 13.8 Å². The van der Waals surface area contributed by atoms with Crippen LogP contribution in [0.15, 0.2) is 0 Å². The van der Waals surface area contributed by atoms with Gasteiger partial charge in [-0.1, -0.05) is 0 Å². The molecule has 0 amide bonds. The van der Waals surface area contributed by atoms with E-state index in [1.807, 2.05) is 0 Å². The molecule has 0 radical (unpaired) electrons. The third kappa shape index (κ3) is 5.81. The summed E-state index contributed by atoms with van der Waals surface area (Å²) in [5, 5.41) is 60.1. The van der Waals surface area contributed by atoms with Crippen LogP contribution in [-0.2, 0) is 33.3 Å². The Morgan fingerprint density at radius 2 is 1.00 bits per heavy atom. The van der Waals surface area contributed by atoms with Crippen molar-refractivity contribution in [3.05, 3.63) is 0 Å². The lowest BCUT2D eigenvalue weighted by molar-refractivity contribution is -0.376. The van der Waals surface area contributed by atoms with E-state index in [0.717, 1.165) is 13.8 Å². The molecular weight excluding hydrogens is 400 g/mol. The van der Waals surface area contributed by atoms with Gasteiger partial charge in [-0.25, -0.2) is 0 Å². The van der Waals surface area contributed by atoms with E-state index in [4.69, 9.17) is 23.7 Å². The van der Waals surface area contributed by atoms with Crippen molar-refractivity contribution >= 4 is 11.9 Å². The summed E-state index contributed by atoms with van der Waals surface area (Å²) in [5.41, 5.74) is 0. The highest BCUT2D eigenvalue weighted by Gasteiger charge is 2.50. The zero-order valence-electron chi connectivity index (χ0n) is 15.7. The molecule has 0 unspecified atom stereocenters. The highest BCUT2D eigenvalue weighted by atomic mass is 16.8. The maximum Gasteiger partial charge on any atom is 0.302 e. The Labute approximate surface area is 165 Å². The molecule has 10 atom stereocenters. The molecule has 168 valence electrons. The Hall–Kier alpha value is -1.42. The van der Waals surface area contributed by atoms with Gasteiger partial charge in [0.2, 0.25) is 0 Å². The quantitative estimate of drug-likeness (QED) is 0.223. The van der Waals surface area contributed by atoms with Gasteiger partial charge in [-0.2, -0.15) is 0 Å². The summed E-state index contributed by atoms with van der Waals surface area (Å²) in [6.07, 6.45) is -16.1. The Morgan fingerprint density at radius 1 is 0.655 bits per heavy atom. The third-order valence-electron chi connectivity index (χ3n) is 4.51. The highest BCUT2D eigenvalue weighted by molar-refractivity contribution is 5.66. The van der Waals surface area contributed by atoms with Gasteiger partial charge >= 0.3 is 11.9 Å². The molecule has 2 aliphatic rings. The lowest BCUT2D eigenvalue weighted by Gasteiger charge is -2.44. The summed E-state index contributed by atoms with van der Waals surface area (Å²) >= 11 is 0. The van der Waals surface area contributed by atoms with Gasteiger partial charge in [-0.05, 0) is 0 Å². The summed E-state index contributed by atoms with van der Waals surface area (Å²) in [7, 11) is 0. The summed E-state index contributed by atoms with van der Waals surface area (Å²) < 4.78 is 25.3. The van der Waals surface area contributed by atoms with Gasteiger partial charge in [0, 0.05) is 13.8 Å². The molecule has 2 heterocycles. The molecule has 0 aromatic carbocycles. The summed E-state index contributed by atoms with van der Waals surface area (Å²) in [5.74, 6) is -1.34. The minimum Gasteiger partial charge on any atom is -0.463 e. The third-order valence-corrected chi connectivity index (χ3v) is 4.51. The van der Waals surface area contributed by atoms with Crippen LogP contribution in [0.25, 0.3) is 0 Å². The number of esters is 2. The van der Waals surface area contributed by atoms with Crippen molar-refractivity contribution < 1.29 is 63.9 Å². The number of hydrogen-bond acceptors (Lipinski definition) is 13. The number of rotatable bonds is 6. The number of aliphatic hydroxyl groups is 6. The van der Waals surface area contributed by atoms with E-state index in [-0.39, 0.29) is 0 Å². The number of aliphatic hydroxyl groups excluding tert-OH is 6. The van der Waals surface area contributed by atoms with E-state index in [9.17, 15) is 40.2 Å². The van der Waals surface area contributed by atoms with Crippen molar-refractivity contribution in [2.45, 2.75) is 75.3 Å². The van der Waals surface area contributed by atoms with Crippen molar-refractivity contribution in [3.8, 4) is 0 Å². The Kier molecular flexibility index (Phi) is 8.28. The van der Waals surface area contributed by atoms with Crippen LogP contribution in [0, 0.1) is 0 Å². The first kappa shape index (κ1) is 23.9. The topological polar surface area (TPSA) is 202 Å². The first-order valence-electron chi connectivity index (χ1n) is 8.84. The molecule has 13 nitrogen and oxygen atoms in total. The highest BCUT2D eigenvalue weighted by Crippen LogP contribution is 2.28. The van der Waals surface area contributed by atoms with E-state index in [2.05, 4.69) is 0 Å². The Morgan fingerprint density at radius 3 is 1.31 bits per heavy atom.